The summed E-state index contributed by atoms with van der Waals surface area (Å²) in [5.74, 6) is 0. The van der Waals surface area contributed by atoms with Crippen molar-refractivity contribution in [2.45, 2.75) is 71.8 Å². The van der Waals surface area contributed by atoms with Crippen molar-refractivity contribution in [1.29, 1.82) is 0 Å². The number of unbranched alkanes of at least 4 members (excludes halogenated alkanes) is 3. The highest BCUT2D eigenvalue weighted by Crippen LogP contribution is 2.20. The smallest absolute Gasteiger partial charge is 0.373 e. The number of halogens is 1. The Kier molecular flexibility index (Phi) is 15.4. The van der Waals surface area contributed by atoms with Crippen LogP contribution in [-0.4, -0.2) is 33.1 Å². The van der Waals surface area contributed by atoms with E-state index in [0.717, 1.165) is 75.2 Å². The fourth-order valence-corrected chi connectivity index (χ4v) is 5.50. The summed E-state index contributed by atoms with van der Waals surface area (Å²) in [6, 6.07) is 0.965. The van der Waals surface area contributed by atoms with E-state index in [0.29, 0.717) is 0 Å². The van der Waals surface area contributed by atoms with Crippen molar-refractivity contribution in [2.75, 3.05) is 24.2 Å². The molecule has 3 nitrogen and oxygen atoms in total. The van der Waals surface area contributed by atoms with Gasteiger partial charge in [-0.25, -0.2) is 0 Å². The standard InChI is InChI=1S/C15H33IO3Si/c1-4-7-12-17-20(15-10-11-16,18-13-8-5-2)19-14-9-6-3/h4-15H2,1-3H3. The number of alkyl halides is 1. The van der Waals surface area contributed by atoms with Crippen molar-refractivity contribution in [3.63, 3.8) is 0 Å². The Balaban J connectivity index is 4.48. The molecular formula is C15H33IO3Si. The zero-order chi connectivity index (χ0) is 15.1. The van der Waals surface area contributed by atoms with Gasteiger partial charge in [0.1, 0.15) is 0 Å². The molecule has 0 radical (unpaired) electrons. The van der Waals surface area contributed by atoms with Crippen LogP contribution in [0.3, 0.4) is 0 Å². The summed E-state index contributed by atoms with van der Waals surface area (Å²) in [5, 5.41) is 0. The predicted octanol–water partition coefficient (Wildman–Crippen LogP) is 5.20. The lowest BCUT2D eigenvalue weighted by atomic mass is 10.4. The number of rotatable bonds is 15. The molecule has 0 aromatic heterocycles. The molecule has 0 rings (SSSR count). The molecule has 20 heavy (non-hydrogen) atoms. The maximum absolute atomic E-state index is 6.16. The van der Waals surface area contributed by atoms with Gasteiger partial charge in [-0.1, -0.05) is 62.6 Å². The topological polar surface area (TPSA) is 27.7 Å². The van der Waals surface area contributed by atoms with E-state index in [1.54, 1.807) is 0 Å². The second kappa shape index (κ2) is 14.8. The minimum atomic E-state index is -2.43. The van der Waals surface area contributed by atoms with Gasteiger partial charge in [-0.05, 0) is 30.1 Å². The van der Waals surface area contributed by atoms with Gasteiger partial charge in [0.25, 0.3) is 0 Å². The highest BCUT2D eigenvalue weighted by Gasteiger charge is 2.40. The fraction of sp³-hybridized carbons (Fsp3) is 1.00. The van der Waals surface area contributed by atoms with Crippen LogP contribution in [0.4, 0.5) is 0 Å². The van der Waals surface area contributed by atoms with E-state index in [9.17, 15) is 0 Å². The van der Waals surface area contributed by atoms with Gasteiger partial charge in [-0.15, -0.1) is 0 Å². The first kappa shape index (κ1) is 20.8. The zero-order valence-electron chi connectivity index (χ0n) is 13.6. The Morgan fingerprint density at radius 3 is 1.40 bits per heavy atom. The Hall–Kier alpha value is 0.827. The molecule has 0 aromatic rings. The monoisotopic (exact) mass is 416 g/mol. The van der Waals surface area contributed by atoms with Crippen molar-refractivity contribution in [2.24, 2.45) is 0 Å². The molecule has 5 heteroatoms. The van der Waals surface area contributed by atoms with Crippen LogP contribution >= 0.6 is 22.6 Å². The summed E-state index contributed by atoms with van der Waals surface area (Å²) in [7, 11) is -2.43. The molecule has 0 spiro atoms. The van der Waals surface area contributed by atoms with E-state index >= 15 is 0 Å². The zero-order valence-corrected chi connectivity index (χ0v) is 16.7. The molecule has 0 fully saturated rings. The first-order chi connectivity index (χ1) is 9.74. The van der Waals surface area contributed by atoms with Crippen LogP contribution in [0.15, 0.2) is 0 Å². The molecule has 0 saturated carbocycles. The Morgan fingerprint density at radius 1 is 0.700 bits per heavy atom. The van der Waals surface area contributed by atoms with E-state index in [-0.39, 0.29) is 0 Å². The minimum Gasteiger partial charge on any atom is -0.373 e. The normalized spacial score (nSPS) is 12.0. The van der Waals surface area contributed by atoms with Gasteiger partial charge < -0.3 is 13.3 Å². The Morgan fingerprint density at radius 2 is 1.10 bits per heavy atom. The molecular weight excluding hydrogens is 383 g/mol. The van der Waals surface area contributed by atoms with Crippen molar-refractivity contribution in [1.82, 2.24) is 0 Å². The third-order valence-corrected chi connectivity index (χ3v) is 6.74. The van der Waals surface area contributed by atoms with Gasteiger partial charge in [-0.2, -0.15) is 0 Å². The fourth-order valence-electron chi connectivity index (χ4n) is 1.74. The van der Waals surface area contributed by atoms with E-state index < -0.39 is 8.80 Å². The summed E-state index contributed by atoms with van der Waals surface area (Å²) >= 11 is 2.42. The SMILES string of the molecule is CCCCO[Si](CCCI)(OCCCC)OCCCC. The predicted molar refractivity (Wildman–Crippen MR) is 96.6 cm³/mol. The summed E-state index contributed by atoms with van der Waals surface area (Å²) < 4.78 is 19.6. The average Bonchev–Trinajstić information content (AvgIpc) is 2.46. The number of hydrogen-bond acceptors (Lipinski definition) is 3. The molecule has 0 unspecified atom stereocenters. The molecule has 0 aliphatic heterocycles. The Labute approximate surface area is 140 Å². The first-order valence-electron chi connectivity index (χ1n) is 8.22. The average molecular weight is 416 g/mol. The molecule has 0 N–H and O–H groups in total. The van der Waals surface area contributed by atoms with Crippen LogP contribution in [0.2, 0.25) is 6.04 Å². The highest BCUT2D eigenvalue weighted by atomic mass is 127. The second-order valence-electron chi connectivity index (χ2n) is 5.08. The summed E-state index contributed by atoms with van der Waals surface area (Å²) in [4.78, 5) is 0. The molecule has 0 amide bonds. The minimum absolute atomic E-state index is 0.780. The first-order valence-corrected chi connectivity index (χ1v) is 11.7. The second-order valence-corrected chi connectivity index (χ2v) is 8.89. The van der Waals surface area contributed by atoms with Crippen LogP contribution in [0, 0.1) is 0 Å². The van der Waals surface area contributed by atoms with Crippen LogP contribution in [0.25, 0.3) is 0 Å². The molecule has 0 saturated heterocycles. The van der Waals surface area contributed by atoms with Gasteiger partial charge in [0, 0.05) is 25.9 Å². The van der Waals surface area contributed by atoms with Crippen LogP contribution < -0.4 is 0 Å². The van der Waals surface area contributed by atoms with E-state index in [1.165, 1.54) is 0 Å². The largest absolute Gasteiger partial charge is 0.500 e. The van der Waals surface area contributed by atoms with Gasteiger partial charge in [-0.3, -0.25) is 0 Å². The van der Waals surface area contributed by atoms with E-state index in [4.69, 9.17) is 13.3 Å². The molecule has 0 heterocycles. The molecule has 122 valence electrons. The van der Waals surface area contributed by atoms with Crippen molar-refractivity contribution in [3.8, 4) is 0 Å². The number of hydrogen-bond donors (Lipinski definition) is 0. The summed E-state index contributed by atoms with van der Waals surface area (Å²) in [6.45, 7) is 8.90. The molecule has 0 atom stereocenters. The van der Waals surface area contributed by atoms with Gasteiger partial charge in [0.2, 0.25) is 0 Å². The lowest BCUT2D eigenvalue weighted by Gasteiger charge is -2.30. The molecule has 0 aliphatic rings. The van der Waals surface area contributed by atoms with Gasteiger partial charge in [0.05, 0.1) is 0 Å². The van der Waals surface area contributed by atoms with E-state index in [1.807, 2.05) is 0 Å². The molecule has 0 aromatic carbocycles. The van der Waals surface area contributed by atoms with Crippen molar-refractivity contribution in [3.05, 3.63) is 0 Å². The van der Waals surface area contributed by atoms with Crippen LogP contribution in [0.5, 0.6) is 0 Å². The summed E-state index contributed by atoms with van der Waals surface area (Å²) in [6.07, 6.45) is 7.85. The van der Waals surface area contributed by atoms with Crippen molar-refractivity contribution >= 4 is 31.4 Å². The lowest BCUT2D eigenvalue weighted by molar-refractivity contribution is 0.0562. The van der Waals surface area contributed by atoms with Crippen LogP contribution in [-0.2, 0) is 13.3 Å². The molecule has 0 bridgehead atoms. The van der Waals surface area contributed by atoms with Crippen molar-refractivity contribution < 1.29 is 13.3 Å². The third-order valence-electron chi connectivity index (χ3n) is 3.08. The Bertz CT molecular complexity index is 179. The summed E-state index contributed by atoms with van der Waals surface area (Å²) in [5.41, 5.74) is 0. The highest BCUT2D eigenvalue weighted by molar-refractivity contribution is 14.1. The van der Waals surface area contributed by atoms with Gasteiger partial charge in [0.15, 0.2) is 0 Å². The third kappa shape index (κ3) is 10.5. The lowest BCUT2D eigenvalue weighted by Crippen LogP contribution is -2.46. The quantitative estimate of drug-likeness (QED) is 0.159. The van der Waals surface area contributed by atoms with Gasteiger partial charge >= 0.3 is 8.80 Å². The maximum Gasteiger partial charge on any atom is 0.500 e. The van der Waals surface area contributed by atoms with Crippen LogP contribution in [0.1, 0.15) is 65.7 Å². The molecule has 0 aliphatic carbocycles. The maximum atomic E-state index is 6.16. The van der Waals surface area contributed by atoms with E-state index in [2.05, 4.69) is 43.4 Å².